The van der Waals surface area contributed by atoms with Crippen molar-refractivity contribution in [1.29, 1.82) is 0 Å². The van der Waals surface area contributed by atoms with Gasteiger partial charge in [0.25, 0.3) is 0 Å². The second-order valence-corrected chi connectivity index (χ2v) is 7.34. The Kier molecular flexibility index (Phi) is 3.27. The van der Waals surface area contributed by atoms with Gasteiger partial charge in [-0.2, -0.15) is 4.31 Å². The average molecular weight is 281 g/mol. The van der Waals surface area contributed by atoms with Gasteiger partial charge >= 0.3 is 0 Å². The molecule has 2 unspecified atom stereocenters. The van der Waals surface area contributed by atoms with Crippen LogP contribution in [0.5, 0.6) is 5.75 Å². The lowest BCUT2D eigenvalue weighted by atomic mass is 9.94. The van der Waals surface area contributed by atoms with Crippen LogP contribution in [-0.2, 0) is 10.0 Å². The molecule has 5 heteroatoms. The summed E-state index contributed by atoms with van der Waals surface area (Å²) in [7, 11) is -3.56. The molecule has 3 rings (SSSR count). The third-order valence-corrected chi connectivity index (χ3v) is 6.37. The smallest absolute Gasteiger partial charge is 0.247 e. The second kappa shape index (κ2) is 4.80. The van der Waals surface area contributed by atoms with Gasteiger partial charge in [-0.1, -0.05) is 18.6 Å². The van der Waals surface area contributed by atoms with Gasteiger partial charge in [-0.15, -0.1) is 0 Å². The molecule has 0 bridgehead atoms. The van der Waals surface area contributed by atoms with E-state index in [-0.39, 0.29) is 16.7 Å². The van der Waals surface area contributed by atoms with E-state index in [1.54, 1.807) is 16.4 Å². The van der Waals surface area contributed by atoms with Crippen molar-refractivity contribution in [2.75, 3.05) is 6.54 Å². The number of fused-ring (bicyclic) bond motifs is 1. The topological polar surface area (TPSA) is 57.6 Å². The Morgan fingerprint density at radius 3 is 2.63 bits per heavy atom. The summed E-state index contributed by atoms with van der Waals surface area (Å²) in [5.74, 6) is 0.358. The van der Waals surface area contributed by atoms with Crippen molar-refractivity contribution in [2.24, 2.45) is 5.92 Å². The molecule has 0 radical (unpaired) electrons. The fourth-order valence-corrected chi connectivity index (χ4v) is 5.35. The summed E-state index contributed by atoms with van der Waals surface area (Å²) < 4.78 is 27.1. The highest BCUT2D eigenvalue weighted by Gasteiger charge is 2.41. The molecule has 1 heterocycles. The molecule has 0 spiro atoms. The molecule has 19 heavy (non-hydrogen) atoms. The van der Waals surface area contributed by atoms with E-state index in [9.17, 15) is 13.5 Å². The summed E-state index contributed by atoms with van der Waals surface area (Å²) in [5, 5.41) is 9.81. The zero-order chi connectivity index (χ0) is 13.5. The molecule has 0 aromatic heterocycles. The first-order valence-electron chi connectivity index (χ1n) is 6.90. The van der Waals surface area contributed by atoms with Crippen LogP contribution in [0.25, 0.3) is 0 Å². The van der Waals surface area contributed by atoms with Crippen LogP contribution in [0.3, 0.4) is 0 Å². The predicted octanol–water partition coefficient (Wildman–Crippen LogP) is 2.35. The first-order chi connectivity index (χ1) is 9.10. The number of phenolic OH excluding ortho intramolecular Hbond substituents is 1. The highest BCUT2D eigenvalue weighted by atomic mass is 32.2. The normalized spacial score (nSPS) is 28.2. The Morgan fingerprint density at radius 2 is 1.84 bits per heavy atom. The van der Waals surface area contributed by atoms with Crippen LogP contribution in [0.15, 0.2) is 29.2 Å². The van der Waals surface area contributed by atoms with Crippen molar-refractivity contribution in [2.45, 2.75) is 43.0 Å². The summed E-state index contributed by atoms with van der Waals surface area (Å²) in [6.07, 6.45) is 5.27. The van der Waals surface area contributed by atoms with Gasteiger partial charge in [-0.3, -0.25) is 0 Å². The monoisotopic (exact) mass is 281 g/mol. The number of sulfonamides is 1. The highest BCUT2D eigenvalue weighted by Crippen LogP contribution is 2.40. The molecule has 2 atom stereocenters. The lowest BCUT2D eigenvalue weighted by molar-refractivity contribution is 0.201. The number of hydrogen-bond donors (Lipinski definition) is 1. The van der Waals surface area contributed by atoms with Gasteiger partial charge in [0.1, 0.15) is 10.6 Å². The van der Waals surface area contributed by atoms with Crippen molar-refractivity contribution in [3.8, 4) is 5.75 Å². The van der Waals surface area contributed by atoms with Crippen LogP contribution in [0, 0.1) is 5.92 Å². The standard InChI is InChI=1S/C14H19NO3S/c16-13-8-1-2-9-14(13)19(17,18)15-10-4-6-11-5-3-7-12(11)15/h1-2,8-9,11-12,16H,3-7,10H2. The van der Waals surface area contributed by atoms with E-state index in [0.717, 1.165) is 32.1 Å². The Morgan fingerprint density at radius 1 is 1.11 bits per heavy atom. The lowest BCUT2D eigenvalue weighted by Gasteiger charge is -2.36. The van der Waals surface area contributed by atoms with E-state index >= 15 is 0 Å². The molecular weight excluding hydrogens is 262 g/mol. The zero-order valence-corrected chi connectivity index (χ0v) is 11.6. The van der Waals surface area contributed by atoms with E-state index in [2.05, 4.69) is 0 Å². The Bertz CT molecular complexity index is 570. The van der Waals surface area contributed by atoms with Gasteiger partial charge in [0.2, 0.25) is 10.0 Å². The summed E-state index contributed by atoms with van der Waals surface area (Å²) in [4.78, 5) is 0.0440. The fourth-order valence-electron chi connectivity index (χ4n) is 3.51. The third-order valence-electron chi connectivity index (χ3n) is 4.39. The van der Waals surface area contributed by atoms with E-state index in [0.29, 0.717) is 12.5 Å². The van der Waals surface area contributed by atoms with Crippen molar-refractivity contribution in [3.63, 3.8) is 0 Å². The minimum atomic E-state index is -3.56. The van der Waals surface area contributed by atoms with Crippen molar-refractivity contribution in [3.05, 3.63) is 24.3 Å². The van der Waals surface area contributed by atoms with Gasteiger partial charge in [0, 0.05) is 12.6 Å². The molecule has 1 N–H and O–H groups in total. The molecule has 4 nitrogen and oxygen atoms in total. The number of para-hydroxylation sites is 1. The Balaban J connectivity index is 1.98. The summed E-state index contributed by atoms with van der Waals surface area (Å²) in [6.45, 7) is 0.581. The fraction of sp³-hybridized carbons (Fsp3) is 0.571. The van der Waals surface area contributed by atoms with Crippen LogP contribution < -0.4 is 0 Å². The van der Waals surface area contributed by atoms with E-state index in [1.165, 1.54) is 12.1 Å². The largest absolute Gasteiger partial charge is 0.507 e. The maximum Gasteiger partial charge on any atom is 0.247 e. The zero-order valence-electron chi connectivity index (χ0n) is 10.8. The van der Waals surface area contributed by atoms with Crippen LogP contribution >= 0.6 is 0 Å². The SMILES string of the molecule is O=S(=O)(c1ccccc1O)N1CCCC2CCCC21. The van der Waals surface area contributed by atoms with Crippen molar-refractivity contribution >= 4 is 10.0 Å². The quantitative estimate of drug-likeness (QED) is 0.905. The van der Waals surface area contributed by atoms with Gasteiger partial charge in [-0.25, -0.2) is 8.42 Å². The minimum absolute atomic E-state index is 0.0440. The number of hydrogen-bond acceptors (Lipinski definition) is 3. The first kappa shape index (κ1) is 12.9. The molecule has 2 fully saturated rings. The molecular formula is C14H19NO3S. The van der Waals surface area contributed by atoms with Crippen molar-refractivity contribution in [1.82, 2.24) is 4.31 Å². The van der Waals surface area contributed by atoms with E-state index < -0.39 is 10.0 Å². The van der Waals surface area contributed by atoms with E-state index in [1.807, 2.05) is 0 Å². The van der Waals surface area contributed by atoms with Crippen LogP contribution in [0.1, 0.15) is 32.1 Å². The third kappa shape index (κ3) is 2.15. The lowest BCUT2D eigenvalue weighted by Crippen LogP contribution is -2.46. The maximum atomic E-state index is 12.7. The van der Waals surface area contributed by atoms with Gasteiger partial charge in [0.15, 0.2) is 0 Å². The molecule has 1 saturated heterocycles. The molecule has 2 aliphatic rings. The van der Waals surface area contributed by atoms with Gasteiger partial charge in [-0.05, 0) is 43.7 Å². The predicted molar refractivity (Wildman–Crippen MR) is 72.4 cm³/mol. The van der Waals surface area contributed by atoms with Crippen LogP contribution in [0.2, 0.25) is 0 Å². The number of phenols is 1. The second-order valence-electron chi connectivity index (χ2n) is 5.48. The number of benzene rings is 1. The number of aromatic hydroxyl groups is 1. The highest BCUT2D eigenvalue weighted by molar-refractivity contribution is 7.89. The van der Waals surface area contributed by atoms with Crippen LogP contribution in [-0.4, -0.2) is 30.4 Å². The van der Waals surface area contributed by atoms with Crippen LogP contribution in [0.4, 0.5) is 0 Å². The molecule has 1 aliphatic carbocycles. The van der Waals surface area contributed by atoms with Crippen molar-refractivity contribution < 1.29 is 13.5 Å². The van der Waals surface area contributed by atoms with Gasteiger partial charge in [0.05, 0.1) is 0 Å². The Labute approximate surface area is 114 Å². The van der Waals surface area contributed by atoms with Gasteiger partial charge < -0.3 is 5.11 Å². The number of piperidine rings is 1. The summed E-state index contributed by atoms with van der Waals surface area (Å²) in [5.41, 5.74) is 0. The molecule has 0 amide bonds. The molecule has 1 aromatic carbocycles. The summed E-state index contributed by atoms with van der Waals surface area (Å²) >= 11 is 0. The molecule has 104 valence electrons. The molecule has 1 aromatic rings. The number of rotatable bonds is 2. The average Bonchev–Trinajstić information content (AvgIpc) is 2.86. The van der Waals surface area contributed by atoms with E-state index in [4.69, 9.17) is 0 Å². The molecule has 1 saturated carbocycles. The first-order valence-corrected chi connectivity index (χ1v) is 8.34. The molecule has 1 aliphatic heterocycles. The Hall–Kier alpha value is -1.07. The minimum Gasteiger partial charge on any atom is -0.507 e. The number of nitrogens with zero attached hydrogens (tertiary/aromatic N) is 1. The maximum absolute atomic E-state index is 12.7. The summed E-state index contributed by atoms with van der Waals surface area (Å²) in [6, 6.07) is 6.36.